The van der Waals surface area contributed by atoms with Crippen molar-refractivity contribution in [3.05, 3.63) is 29.8 Å². The Bertz CT molecular complexity index is 474. The summed E-state index contributed by atoms with van der Waals surface area (Å²) in [4.78, 5) is 2.16. The molecule has 2 nitrogen and oxygen atoms in total. The highest BCUT2D eigenvalue weighted by atomic mass is 19.1. The maximum Gasteiger partial charge on any atom is 0.128 e. The van der Waals surface area contributed by atoms with Gasteiger partial charge in [0, 0.05) is 36.9 Å². The van der Waals surface area contributed by atoms with Crippen molar-refractivity contribution < 1.29 is 8.78 Å². The second-order valence-electron chi connectivity index (χ2n) is 7.42. The van der Waals surface area contributed by atoms with Gasteiger partial charge < -0.3 is 10.2 Å². The van der Waals surface area contributed by atoms with Gasteiger partial charge in [-0.05, 0) is 23.5 Å². The average molecular weight is 296 g/mol. The molecule has 1 aromatic rings. The second-order valence-corrected chi connectivity index (χ2v) is 7.42. The molecule has 0 bridgehead atoms. The SMILES string of the molecule is CC(C)C1CNC(C(C)(C)C)CN1c1cc(F)cc(F)c1. The molecule has 4 heteroatoms. The summed E-state index contributed by atoms with van der Waals surface area (Å²) in [6.07, 6.45) is 0. The Balaban J connectivity index is 2.33. The van der Waals surface area contributed by atoms with Crippen molar-refractivity contribution >= 4 is 5.69 Å². The van der Waals surface area contributed by atoms with Gasteiger partial charge in [0.2, 0.25) is 0 Å². The van der Waals surface area contributed by atoms with Crippen LogP contribution in [-0.2, 0) is 0 Å². The highest BCUT2D eigenvalue weighted by Crippen LogP contribution is 2.30. The van der Waals surface area contributed by atoms with Crippen LogP contribution in [-0.4, -0.2) is 25.2 Å². The van der Waals surface area contributed by atoms with E-state index in [1.165, 1.54) is 12.1 Å². The van der Waals surface area contributed by atoms with Crippen LogP contribution in [0.15, 0.2) is 18.2 Å². The van der Waals surface area contributed by atoms with E-state index in [2.05, 4.69) is 44.8 Å². The molecule has 0 spiro atoms. The summed E-state index contributed by atoms with van der Waals surface area (Å²) in [7, 11) is 0. The van der Waals surface area contributed by atoms with E-state index in [0.717, 1.165) is 19.2 Å². The minimum atomic E-state index is -0.515. The topological polar surface area (TPSA) is 15.3 Å². The lowest BCUT2D eigenvalue weighted by molar-refractivity contribution is 0.220. The Hall–Kier alpha value is -1.16. The quantitative estimate of drug-likeness (QED) is 0.892. The molecule has 0 aromatic heterocycles. The summed E-state index contributed by atoms with van der Waals surface area (Å²) in [5, 5.41) is 3.59. The lowest BCUT2D eigenvalue weighted by Gasteiger charge is -2.47. The number of halogens is 2. The van der Waals surface area contributed by atoms with E-state index in [9.17, 15) is 8.78 Å². The van der Waals surface area contributed by atoms with E-state index in [-0.39, 0.29) is 11.5 Å². The zero-order valence-electron chi connectivity index (χ0n) is 13.6. The van der Waals surface area contributed by atoms with Crippen molar-refractivity contribution in [2.45, 2.75) is 46.7 Å². The largest absolute Gasteiger partial charge is 0.365 e. The molecular formula is C17H26F2N2. The minimum absolute atomic E-state index is 0.103. The summed E-state index contributed by atoms with van der Waals surface area (Å²) in [6, 6.07) is 4.33. The van der Waals surface area contributed by atoms with Crippen LogP contribution in [0.4, 0.5) is 14.5 Å². The van der Waals surface area contributed by atoms with Crippen molar-refractivity contribution in [2.24, 2.45) is 11.3 Å². The monoisotopic (exact) mass is 296 g/mol. The van der Waals surface area contributed by atoms with E-state index >= 15 is 0 Å². The summed E-state index contributed by atoms with van der Waals surface area (Å²) in [5.41, 5.74) is 0.744. The Labute approximate surface area is 126 Å². The Morgan fingerprint density at radius 3 is 2.19 bits per heavy atom. The number of hydrogen-bond acceptors (Lipinski definition) is 2. The van der Waals surface area contributed by atoms with E-state index in [4.69, 9.17) is 0 Å². The van der Waals surface area contributed by atoms with Gasteiger partial charge in [0.15, 0.2) is 0 Å². The number of benzene rings is 1. The van der Waals surface area contributed by atoms with E-state index in [0.29, 0.717) is 17.6 Å². The fourth-order valence-corrected chi connectivity index (χ4v) is 2.95. The molecule has 0 saturated carbocycles. The summed E-state index contributed by atoms with van der Waals surface area (Å²) in [6.45, 7) is 12.4. The van der Waals surface area contributed by atoms with Gasteiger partial charge in [-0.1, -0.05) is 34.6 Å². The van der Waals surface area contributed by atoms with E-state index in [1.54, 1.807) is 0 Å². The van der Waals surface area contributed by atoms with E-state index < -0.39 is 11.6 Å². The number of anilines is 1. The first-order chi connectivity index (χ1) is 9.68. The lowest BCUT2D eigenvalue weighted by atomic mass is 9.83. The molecule has 1 aromatic carbocycles. The molecule has 0 amide bonds. The van der Waals surface area contributed by atoms with Gasteiger partial charge in [0.1, 0.15) is 11.6 Å². The van der Waals surface area contributed by atoms with Gasteiger partial charge in [-0.15, -0.1) is 0 Å². The molecule has 0 radical (unpaired) electrons. The van der Waals surface area contributed by atoms with Crippen LogP contribution in [0.1, 0.15) is 34.6 Å². The second kappa shape index (κ2) is 5.91. The maximum absolute atomic E-state index is 13.6. The zero-order chi connectivity index (χ0) is 15.8. The van der Waals surface area contributed by atoms with Gasteiger partial charge in [-0.25, -0.2) is 8.78 Å². The lowest BCUT2D eigenvalue weighted by Crippen LogP contribution is -2.62. The predicted molar refractivity (Wildman–Crippen MR) is 83.6 cm³/mol. The first-order valence-corrected chi connectivity index (χ1v) is 7.64. The van der Waals surface area contributed by atoms with Gasteiger partial charge in [-0.3, -0.25) is 0 Å². The predicted octanol–water partition coefficient (Wildman–Crippen LogP) is 3.81. The van der Waals surface area contributed by atoms with Crippen molar-refractivity contribution in [1.29, 1.82) is 0 Å². The highest BCUT2D eigenvalue weighted by Gasteiger charge is 2.35. The van der Waals surface area contributed by atoms with Crippen molar-refractivity contribution in [1.82, 2.24) is 5.32 Å². The number of nitrogens with zero attached hydrogens (tertiary/aromatic N) is 1. The van der Waals surface area contributed by atoms with Gasteiger partial charge in [-0.2, -0.15) is 0 Å². The molecule has 1 fully saturated rings. The molecule has 2 rings (SSSR count). The van der Waals surface area contributed by atoms with Gasteiger partial charge in [0.25, 0.3) is 0 Å². The van der Waals surface area contributed by atoms with Crippen LogP contribution >= 0.6 is 0 Å². The van der Waals surface area contributed by atoms with Crippen LogP contribution in [0, 0.1) is 23.0 Å². The molecule has 2 unspecified atom stereocenters. The molecule has 1 saturated heterocycles. The third-order valence-electron chi connectivity index (χ3n) is 4.35. The van der Waals surface area contributed by atoms with Crippen LogP contribution in [0.2, 0.25) is 0 Å². The van der Waals surface area contributed by atoms with E-state index in [1.807, 2.05) is 0 Å². The zero-order valence-corrected chi connectivity index (χ0v) is 13.6. The molecule has 1 aliphatic rings. The highest BCUT2D eigenvalue weighted by molar-refractivity contribution is 5.49. The summed E-state index contributed by atoms with van der Waals surface area (Å²) < 4.78 is 27.1. The molecular weight excluding hydrogens is 270 g/mol. The molecule has 1 N–H and O–H groups in total. The fraction of sp³-hybridized carbons (Fsp3) is 0.647. The molecule has 0 aliphatic carbocycles. The third-order valence-corrected chi connectivity index (χ3v) is 4.35. The molecule has 1 aliphatic heterocycles. The normalized spacial score (nSPS) is 23.7. The Morgan fingerprint density at radius 1 is 1.14 bits per heavy atom. The summed E-state index contributed by atoms with van der Waals surface area (Å²) >= 11 is 0. The smallest absolute Gasteiger partial charge is 0.128 e. The third kappa shape index (κ3) is 3.73. The van der Waals surface area contributed by atoms with Gasteiger partial charge >= 0.3 is 0 Å². The van der Waals surface area contributed by atoms with Gasteiger partial charge in [0.05, 0.1) is 0 Å². The molecule has 2 atom stereocenters. The number of nitrogens with one attached hydrogen (secondary N) is 1. The Kier molecular flexibility index (Phi) is 4.57. The first-order valence-electron chi connectivity index (χ1n) is 7.64. The van der Waals surface area contributed by atoms with Crippen LogP contribution in [0.25, 0.3) is 0 Å². The standard InChI is InChI=1S/C17H26F2N2/c1-11(2)15-9-20-16(17(3,4)5)10-21(15)14-7-12(18)6-13(19)8-14/h6-8,11,15-16,20H,9-10H2,1-5H3. The molecule has 1 heterocycles. The minimum Gasteiger partial charge on any atom is -0.365 e. The van der Waals surface area contributed by atoms with Crippen LogP contribution < -0.4 is 10.2 Å². The average Bonchev–Trinajstić information content (AvgIpc) is 2.35. The van der Waals surface area contributed by atoms with Crippen molar-refractivity contribution in [2.75, 3.05) is 18.0 Å². The summed E-state index contributed by atoms with van der Waals surface area (Å²) in [5.74, 6) is -0.624. The number of rotatable bonds is 2. The maximum atomic E-state index is 13.6. The van der Waals surface area contributed by atoms with Crippen molar-refractivity contribution in [3.63, 3.8) is 0 Å². The van der Waals surface area contributed by atoms with Crippen LogP contribution in [0.5, 0.6) is 0 Å². The fourth-order valence-electron chi connectivity index (χ4n) is 2.95. The number of piperazine rings is 1. The molecule has 118 valence electrons. The van der Waals surface area contributed by atoms with Crippen molar-refractivity contribution in [3.8, 4) is 0 Å². The molecule has 21 heavy (non-hydrogen) atoms. The number of hydrogen-bond donors (Lipinski definition) is 1. The van der Waals surface area contributed by atoms with Crippen LogP contribution in [0.3, 0.4) is 0 Å². The first kappa shape index (κ1) is 16.2. The Morgan fingerprint density at radius 2 is 1.71 bits per heavy atom.